The van der Waals surface area contributed by atoms with Crippen LogP contribution in [0.15, 0.2) is 48.9 Å². The first-order chi connectivity index (χ1) is 13.2. The zero-order valence-electron chi connectivity index (χ0n) is 14.7. The highest BCUT2D eigenvalue weighted by molar-refractivity contribution is 6.03. The van der Waals surface area contributed by atoms with Gasteiger partial charge >= 0.3 is 0 Å². The van der Waals surface area contributed by atoms with E-state index in [0.717, 1.165) is 33.2 Å². The Kier molecular flexibility index (Phi) is 3.28. The fraction of sp³-hybridized carbons (Fsp3) is 0.200. The van der Waals surface area contributed by atoms with Crippen LogP contribution in [0, 0.1) is 17.2 Å². The van der Waals surface area contributed by atoms with Gasteiger partial charge < -0.3 is 4.90 Å². The first kappa shape index (κ1) is 15.6. The lowest BCUT2D eigenvalue weighted by Crippen LogP contribution is -2.27. The highest BCUT2D eigenvalue weighted by Crippen LogP contribution is 2.34. The standard InChI is InChI=1S/C20H16N6O/c1-24-19-14(11-23-24)3-2-4-16(19)15-9-18-17(5-7-22-26(18)12-15)25-8-6-13(10-21)20(25)27/h2-5,7,9,11-13H,6,8H2,1H3. The van der Waals surface area contributed by atoms with Crippen molar-refractivity contribution in [1.82, 2.24) is 19.4 Å². The van der Waals surface area contributed by atoms with E-state index >= 15 is 0 Å². The van der Waals surface area contributed by atoms with Crippen molar-refractivity contribution in [3.8, 4) is 17.2 Å². The molecule has 1 aliphatic heterocycles. The molecule has 1 saturated heterocycles. The van der Waals surface area contributed by atoms with Crippen molar-refractivity contribution in [2.75, 3.05) is 11.4 Å². The number of rotatable bonds is 2. The number of aromatic nitrogens is 4. The molecule has 132 valence electrons. The molecule has 7 heteroatoms. The van der Waals surface area contributed by atoms with Crippen molar-refractivity contribution in [3.63, 3.8) is 0 Å². The van der Waals surface area contributed by atoms with Gasteiger partial charge in [0.2, 0.25) is 5.91 Å². The lowest BCUT2D eigenvalue weighted by Gasteiger charge is -2.16. The van der Waals surface area contributed by atoms with Gasteiger partial charge in [-0.05, 0) is 18.6 Å². The van der Waals surface area contributed by atoms with E-state index in [1.807, 2.05) is 48.4 Å². The van der Waals surface area contributed by atoms with Crippen molar-refractivity contribution in [3.05, 3.63) is 48.9 Å². The summed E-state index contributed by atoms with van der Waals surface area (Å²) in [7, 11) is 1.93. The highest BCUT2D eigenvalue weighted by atomic mass is 16.2. The van der Waals surface area contributed by atoms with Crippen molar-refractivity contribution in [1.29, 1.82) is 5.26 Å². The maximum absolute atomic E-state index is 12.5. The largest absolute Gasteiger partial charge is 0.309 e. The van der Waals surface area contributed by atoms with Gasteiger partial charge in [0.1, 0.15) is 5.92 Å². The summed E-state index contributed by atoms with van der Waals surface area (Å²) < 4.78 is 3.65. The second kappa shape index (κ2) is 5.68. The lowest BCUT2D eigenvalue weighted by atomic mass is 10.1. The number of benzene rings is 1. The first-order valence-corrected chi connectivity index (χ1v) is 8.77. The number of nitriles is 1. The summed E-state index contributed by atoms with van der Waals surface area (Å²) >= 11 is 0. The molecule has 0 radical (unpaired) electrons. The van der Waals surface area contributed by atoms with Crippen LogP contribution in [0.4, 0.5) is 5.69 Å². The number of anilines is 1. The van der Waals surface area contributed by atoms with Gasteiger partial charge in [-0.25, -0.2) is 4.52 Å². The molecule has 0 aliphatic carbocycles. The molecule has 1 aromatic carbocycles. The molecule has 1 fully saturated rings. The molecule has 5 rings (SSSR count). The predicted octanol–water partition coefficient (Wildman–Crippen LogP) is 2.76. The molecular formula is C20H16N6O. The summed E-state index contributed by atoms with van der Waals surface area (Å²) in [5, 5.41) is 19.0. The molecule has 1 aliphatic rings. The van der Waals surface area contributed by atoms with Crippen LogP contribution in [0.25, 0.3) is 27.5 Å². The Labute approximate surface area is 155 Å². The quantitative estimate of drug-likeness (QED) is 0.553. The van der Waals surface area contributed by atoms with Crippen LogP contribution in [0.3, 0.4) is 0 Å². The lowest BCUT2D eigenvalue weighted by molar-refractivity contribution is -0.118. The van der Waals surface area contributed by atoms with Crippen LogP contribution >= 0.6 is 0 Å². The van der Waals surface area contributed by atoms with Gasteiger partial charge in [0.05, 0.1) is 29.0 Å². The summed E-state index contributed by atoms with van der Waals surface area (Å²) in [4.78, 5) is 14.2. The van der Waals surface area contributed by atoms with Crippen LogP contribution < -0.4 is 4.90 Å². The molecule has 7 nitrogen and oxygen atoms in total. The maximum Gasteiger partial charge on any atom is 0.244 e. The summed E-state index contributed by atoms with van der Waals surface area (Å²) in [5.74, 6) is -0.696. The zero-order valence-corrected chi connectivity index (χ0v) is 14.7. The van der Waals surface area contributed by atoms with Gasteiger partial charge in [-0.1, -0.05) is 18.2 Å². The molecule has 1 amide bonds. The van der Waals surface area contributed by atoms with Gasteiger partial charge in [-0.3, -0.25) is 9.48 Å². The Hall–Kier alpha value is -3.66. The predicted molar refractivity (Wildman–Crippen MR) is 101 cm³/mol. The number of carbonyl (C=O) groups excluding carboxylic acids is 1. The summed E-state index contributed by atoms with van der Waals surface area (Å²) in [6.07, 6.45) is 6.06. The third-order valence-electron chi connectivity index (χ3n) is 5.21. The molecule has 4 aromatic rings. The molecule has 4 heterocycles. The molecule has 0 saturated carbocycles. The van der Waals surface area contributed by atoms with E-state index in [4.69, 9.17) is 5.26 Å². The van der Waals surface area contributed by atoms with Gasteiger partial charge in [0, 0.05) is 42.5 Å². The molecule has 0 N–H and O–H groups in total. The number of aryl methyl sites for hydroxylation is 1. The number of amides is 1. The average Bonchev–Trinajstić information content (AvgIpc) is 3.38. The fourth-order valence-corrected chi connectivity index (χ4v) is 3.88. The van der Waals surface area contributed by atoms with E-state index in [-0.39, 0.29) is 5.91 Å². The van der Waals surface area contributed by atoms with Crippen LogP contribution in [0.1, 0.15) is 6.42 Å². The van der Waals surface area contributed by atoms with Crippen molar-refractivity contribution >= 4 is 28.0 Å². The Bertz CT molecular complexity index is 1240. The van der Waals surface area contributed by atoms with Crippen molar-refractivity contribution in [2.24, 2.45) is 13.0 Å². The maximum atomic E-state index is 12.5. The molecule has 1 unspecified atom stereocenters. The number of hydrogen-bond donors (Lipinski definition) is 0. The van der Waals surface area contributed by atoms with Gasteiger partial charge in [-0.2, -0.15) is 15.5 Å². The average molecular weight is 356 g/mol. The number of fused-ring (bicyclic) bond motifs is 2. The normalized spacial score (nSPS) is 17.1. The molecule has 0 spiro atoms. The highest BCUT2D eigenvalue weighted by Gasteiger charge is 2.33. The van der Waals surface area contributed by atoms with Crippen molar-refractivity contribution < 1.29 is 4.79 Å². The second-order valence-corrected chi connectivity index (χ2v) is 6.75. The van der Waals surface area contributed by atoms with Crippen molar-refractivity contribution in [2.45, 2.75) is 6.42 Å². The smallest absolute Gasteiger partial charge is 0.244 e. The van der Waals surface area contributed by atoms with Crippen LogP contribution in [0.5, 0.6) is 0 Å². The van der Waals surface area contributed by atoms with Gasteiger partial charge in [0.25, 0.3) is 0 Å². The minimum atomic E-state index is -0.559. The van der Waals surface area contributed by atoms with E-state index in [9.17, 15) is 4.79 Å². The number of para-hydroxylation sites is 1. The number of nitrogens with zero attached hydrogens (tertiary/aromatic N) is 6. The van der Waals surface area contributed by atoms with Gasteiger partial charge in [-0.15, -0.1) is 0 Å². The second-order valence-electron chi connectivity index (χ2n) is 6.75. The Balaban J connectivity index is 1.68. The molecule has 0 bridgehead atoms. The van der Waals surface area contributed by atoms with E-state index in [1.54, 1.807) is 15.6 Å². The minimum absolute atomic E-state index is 0.137. The molecule has 3 aromatic heterocycles. The third-order valence-corrected chi connectivity index (χ3v) is 5.21. The number of carbonyl (C=O) groups is 1. The number of hydrogen-bond acceptors (Lipinski definition) is 4. The zero-order chi connectivity index (χ0) is 18.5. The fourth-order valence-electron chi connectivity index (χ4n) is 3.88. The Morgan fingerprint density at radius 1 is 1.26 bits per heavy atom. The topological polar surface area (TPSA) is 79.2 Å². The summed E-state index contributed by atoms with van der Waals surface area (Å²) in [6, 6.07) is 12.1. The van der Waals surface area contributed by atoms with E-state index in [2.05, 4.69) is 22.3 Å². The summed E-state index contributed by atoms with van der Waals surface area (Å²) in [5.41, 5.74) is 4.76. The van der Waals surface area contributed by atoms with Crippen LogP contribution in [0.2, 0.25) is 0 Å². The Morgan fingerprint density at radius 3 is 2.96 bits per heavy atom. The molecule has 1 atom stereocenters. The SMILES string of the molecule is Cn1ncc2cccc(-c3cc4c(N5CCC(C#N)C5=O)ccnn4c3)c21. The van der Waals surface area contributed by atoms with Gasteiger partial charge in [0.15, 0.2) is 0 Å². The third kappa shape index (κ3) is 2.23. The van der Waals surface area contributed by atoms with E-state index in [1.165, 1.54) is 0 Å². The first-order valence-electron chi connectivity index (χ1n) is 8.77. The molecule has 27 heavy (non-hydrogen) atoms. The van der Waals surface area contributed by atoms with E-state index in [0.29, 0.717) is 13.0 Å². The van der Waals surface area contributed by atoms with Crippen LogP contribution in [-0.4, -0.2) is 31.8 Å². The molecular weight excluding hydrogens is 340 g/mol. The Morgan fingerprint density at radius 2 is 2.15 bits per heavy atom. The summed E-state index contributed by atoms with van der Waals surface area (Å²) in [6.45, 7) is 0.550. The minimum Gasteiger partial charge on any atom is -0.309 e. The van der Waals surface area contributed by atoms with Crippen LogP contribution in [-0.2, 0) is 11.8 Å². The van der Waals surface area contributed by atoms with E-state index < -0.39 is 5.92 Å². The monoisotopic (exact) mass is 356 g/mol.